The van der Waals surface area contributed by atoms with Crippen LogP contribution in [0.2, 0.25) is 0 Å². The lowest BCUT2D eigenvalue weighted by molar-refractivity contribution is 0.0683. The van der Waals surface area contributed by atoms with Crippen LogP contribution in [0.15, 0.2) is 54.6 Å². The van der Waals surface area contributed by atoms with Gasteiger partial charge in [0.1, 0.15) is 11.5 Å². The number of Topliss-reactive ketones (excluding diaryl/α,β-unsaturated/α-hetero) is 1. The maximum absolute atomic E-state index is 13.2. The Hall–Kier alpha value is -4.70. The topological polar surface area (TPSA) is 162 Å². The van der Waals surface area contributed by atoms with Crippen molar-refractivity contribution in [2.24, 2.45) is 0 Å². The van der Waals surface area contributed by atoms with Gasteiger partial charge in [0.2, 0.25) is 0 Å². The van der Waals surface area contributed by atoms with Crippen LogP contribution in [0.25, 0.3) is 0 Å². The van der Waals surface area contributed by atoms with E-state index in [4.69, 9.17) is 4.74 Å². The third-order valence-corrected chi connectivity index (χ3v) is 5.52. The van der Waals surface area contributed by atoms with Gasteiger partial charge in [0.15, 0.2) is 5.78 Å². The number of hydrogen-bond donors (Lipinski definition) is 5. The van der Waals surface area contributed by atoms with E-state index in [2.05, 4.69) is 10.6 Å². The van der Waals surface area contributed by atoms with Gasteiger partial charge in [-0.25, -0.2) is 9.59 Å². The number of carboxylic acid groups (broad SMARTS) is 2. The number of rotatable bonds is 9. The summed E-state index contributed by atoms with van der Waals surface area (Å²) in [7, 11) is 1.69. The Kier molecular flexibility index (Phi) is 7.64. The van der Waals surface area contributed by atoms with Crippen molar-refractivity contribution in [2.75, 3.05) is 17.7 Å². The van der Waals surface area contributed by atoms with Crippen molar-refractivity contribution < 1.29 is 39.2 Å². The first-order chi connectivity index (χ1) is 17.3. The van der Waals surface area contributed by atoms with Crippen LogP contribution in [0, 0.1) is 0 Å². The van der Waals surface area contributed by atoms with E-state index in [1.807, 2.05) is 0 Å². The second-order valence-electron chi connectivity index (χ2n) is 8.71. The van der Waals surface area contributed by atoms with E-state index in [1.54, 1.807) is 39.1 Å². The zero-order valence-corrected chi connectivity index (χ0v) is 20.6. The Balaban J connectivity index is 2.01. The Bertz CT molecular complexity index is 1410. The van der Waals surface area contributed by atoms with Crippen LogP contribution in [0.5, 0.6) is 11.5 Å². The quantitative estimate of drug-likeness (QED) is 0.261. The smallest absolute Gasteiger partial charge is 0.336 e. The molecule has 10 nitrogen and oxygen atoms in total. The second kappa shape index (κ2) is 10.5. The number of ether oxygens (including phenoxy) is 1. The molecule has 0 atom stereocenters. The van der Waals surface area contributed by atoms with E-state index in [1.165, 1.54) is 43.3 Å². The van der Waals surface area contributed by atoms with Crippen molar-refractivity contribution in [1.82, 2.24) is 0 Å². The first kappa shape index (κ1) is 26.9. The summed E-state index contributed by atoms with van der Waals surface area (Å²) in [5.41, 5.74) is -0.694. The average molecular weight is 507 g/mol. The fourth-order valence-corrected chi connectivity index (χ4v) is 3.69. The molecule has 3 aromatic carbocycles. The number of ketones is 1. The molecule has 0 saturated carbocycles. The lowest BCUT2D eigenvalue weighted by atomic mass is 9.95. The average Bonchev–Trinajstić information content (AvgIpc) is 2.82. The summed E-state index contributed by atoms with van der Waals surface area (Å²) in [6.45, 7) is 4.33. The maximum atomic E-state index is 13.2. The molecule has 0 unspecified atom stereocenters. The number of benzene rings is 3. The molecule has 0 bridgehead atoms. The molecule has 0 heterocycles. The summed E-state index contributed by atoms with van der Waals surface area (Å²) in [5, 5.41) is 35.1. The molecule has 0 aliphatic heterocycles. The Morgan fingerprint density at radius 1 is 0.784 bits per heavy atom. The zero-order chi connectivity index (χ0) is 27.5. The molecule has 0 spiro atoms. The van der Waals surface area contributed by atoms with Gasteiger partial charge in [-0.1, -0.05) is 6.07 Å². The van der Waals surface area contributed by atoms with Crippen LogP contribution < -0.4 is 15.4 Å². The fourth-order valence-electron chi connectivity index (χ4n) is 3.69. The number of anilines is 2. The molecule has 37 heavy (non-hydrogen) atoms. The molecule has 10 heteroatoms. The summed E-state index contributed by atoms with van der Waals surface area (Å²) in [6.07, 6.45) is 0. The molecule has 192 valence electrons. The molecular formula is C27H26N2O8. The SMILES string of the molecule is CNc1ccc(C(C)(C)O)c(NC(=O)c2cc(Oc3ccc(C(=O)O)c(C(C)=O)c3)ccc2C(=O)O)c1. The summed E-state index contributed by atoms with van der Waals surface area (Å²) >= 11 is 0. The lowest BCUT2D eigenvalue weighted by Crippen LogP contribution is -2.22. The summed E-state index contributed by atoms with van der Waals surface area (Å²) in [6, 6.07) is 12.6. The molecule has 3 aromatic rings. The first-order valence-electron chi connectivity index (χ1n) is 11.1. The summed E-state index contributed by atoms with van der Waals surface area (Å²) in [5.74, 6) is -3.64. The first-order valence-corrected chi connectivity index (χ1v) is 11.1. The van der Waals surface area contributed by atoms with Crippen LogP contribution >= 0.6 is 0 Å². The van der Waals surface area contributed by atoms with Gasteiger partial charge in [-0.05, 0) is 69.3 Å². The van der Waals surface area contributed by atoms with Crippen molar-refractivity contribution in [3.05, 3.63) is 82.4 Å². The molecule has 0 fully saturated rings. The number of carboxylic acids is 2. The number of amides is 1. The Labute approximate surface area is 212 Å². The van der Waals surface area contributed by atoms with Crippen molar-refractivity contribution in [3.63, 3.8) is 0 Å². The maximum Gasteiger partial charge on any atom is 0.336 e. The molecule has 1 amide bonds. The monoisotopic (exact) mass is 506 g/mol. The second-order valence-corrected chi connectivity index (χ2v) is 8.71. The number of hydrogen-bond acceptors (Lipinski definition) is 7. The van der Waals surface area contributed by atoms with E-state index in [-0.39, 0.29) is 39.4 Å². The predicted octanol–water partition coefficient (Wildman–Crippen LogP) is 4.60. The number of nitrogens with one attached hydrogen (secondary N) is 2. The highest BCUT2D eigenvalue weighted by molar-refractivity contribution is 6.11. The van der Waals surface area contributed by atoms with E-state index in [0.29, 0.717) is 11.3 Å². The van der Waals surface area contributed by atoms with Gasteiger partial charge in [-0.3, -0.25) is 9.59 Å². The molecule has 0 aliphatic rings. The van der Waals surface area contributed by atoms with E-state index < -0.39 is 29.2 Å². The van der Waals surface area contributed by atoms with E-state index in [0.717, 1.165) is 0 Å². The summed E-state index contributed by atoms with van der Waals surface area (Å²) in [4.78, 5) is 48.4. The predicted molar refractivity (Wildman–Crippen MR) is 136 cm³/mol. The molecular weight excluding hydrogens is 480 g/mol. The van der Waals surface area contributed by atoms with Crippen molar-refractivity contribution >= 4 is 35.0 Å². The minimum atomic E-state index is -1.34. The van der Waals surface area contributed by atoms with Gasteiger partial charge in [0, 0.05) is 29.5 Å². The largest absolute Gasteiger partial charge is 0.478 e. The van der Waals surface area contributed by atoms with Crippen LogP contribution in [-0.4, -0.2) is 46.0 Å². The van der Waals surface area contributed by atoms with Gasteiger partial charge in [0.25, 0.3) is 5.91 Å². The third-order valence-electron chi connectivity index (χ3n) is 5.52. The molecule has 0 radical (unpaired) electrons. The number of aromatic carboxylic acids is 2. The highest BCUT2D eigenvalue weighted by atomic mass is 16.5. The van der Waals surface area contributed by atoms with Gasteiger partial charge in [-0.15, -0.1) is 0 Å². The highest BCUT2D eigenvalue weighted by Gasteiger charge is 2.24. The van der Waals surface area contributed by atoms with Crippen LogP contribution in [0.4, 0.5) is 11.4 Å². The molecule has 3 rings (SSSR count). The fraction of sp³-hybridized carbons (Fsp3) is 0.185. The minimum absolute atomic E-state index is 0.0614. The van der Waals surface area contributed by atoms with E-state index >= 15 is 0 Å². The Morgan fingerprint density at radius 3 is 1.81 bits per heavy atom. The van der Waals surface area contributed by atoms with Crippen molar-refractivity contribution in [3.8, 4) is 11.5 Å². The molecule has 0 saturated heterocycles. The van der Waals surface area contributed by atoms with Gasteiger partial charge >= 0.3 is 11.9 Å². The number of carbonyl (C=O) groups excluding carboxylic acids is 2. The standard InChI is InChI=1S/C27H26N2O8/c1-14(30)20-12-16(6-8-18(20)25(32)33)37-17-7-9-19(26(34)35)21(13-17)24(31)29-23-11-15(28-4)5-10-22(23)27(2,3)36/h5-13,28,36H,1-4H3,(H,29,31)(H,32,33)(H,34,35). The lowest BCUT2D eigenvalue weighted by Gasteiger charge is -2.23. The number of aliphatic hydroxyl groups is 1. The highest BCUT2D eigenvalue weighted by Crippen LogP contribution is 2.32. The normalized spacial score (nSPS) is 10.9. The summed E-state index contributed by atoms with van der Waals surface area (Å²) < 4.78 is 5.73. The zero-order valence-electron chi connectivity index (χ0n) is 20.6. The van der Waals surface area contributed by atoms with Crippen LogP contribution in [-0.2, 0) is 5.60 Å². The third kappa shape index (κ3) is 6.11. The molecule has 0 aromatic heterocycles. The minimum Gasteiger partial charge on any atom is -0.478 e. The van der Waals surface area contributed by atoms with E-state index in [9.17, 15) is 34.5 Å². The van der Waals surface area contributed by atoms with Crippen LogP contribution in [0.3, 0.4) is 0 Å². The van der Waals surface area contributed by atoms with Gasteiger partial charge < -0.3 is 30.7 Å². The van der Waals surface area contributed by atoms with Gasteiger partial charge in [-0.2, -0.15) is 0 Å². The van der Waals surface area contributed by atoms with Crippen molar-refractivity contribution in [2.45, 2.75) is 26.4 Å². The van der Waals surface area contributed by atoms with Crippen molar-refractivity contribution in [1.29, 1.82) is 0 Å². The molecule has 0 aliphatic carbocycles. The number of carbonyl (C=O) groups is 4. The molecule has 5 N–H and O–H groups in total. The Morgan fingerprint density at radius 2 is 1.32 bits per heavy atom. The van der Waals surface area contributed by atoms with Crippen LogP contribution in [0.1, 0.15) is 67.8 Å². The van der Waals surface area contributed by atoms with Gasteiger partial charge in [0.05, 0.1) is 22.3 Å².